The van der Waals surface area contributed by atoms with Crippen molar-refractivity contribution >= 4 is 5.65 Å². The molecular formula is C21H18F2N6O2. The van der Waals surface area contributed by atoms with Gasteiger partial charge in [0.2, 0.25) is 5.88 Å². The van der Waals surface area contributed by atoms with Crippen LogP contribution in [0.3, 0.4) is 0 Å². The van der Waals surface area contributed by atoms with Gasteiger partial charge in [0.15, 0.2) is 5.65 Å². The van der Waals surface area contributed by atoms with Crippen LogP contribution < -0.4 is 10.4 Å². The van der Waals surface area contributed by atoms with E-state index < -0.39 is 17.7 Å². The van der Waals surface area contributed by atoms with Crippen LogP contribution in [0.15, 0.2) is 47.5 Å². The average Bonchev–Trinajstić information content (AvgIpc) is 3.40. The second-order valence-corrected chi connectivity index (χ2v) is 8.02. The summed E-state index contributed by atoms with van der Waals surface area (Å²) in [6.45, 7) is 0. The van der Waals surface area contributed by atoms with Gasteiger partial charge >= 0.3 is 5.69 Å². The average molecular weight is 424 g/mol. The van der Waals surface area contributed by atoms with Gasteiger partial charge in [-0.15, -0.1) is 0 Å². The number of fused-ring (bicyclic) bond motifs is 2. The fourth-order valence-corrected chi connectivity index (χ4v) is 4.54. The van der Waals surface area contributed by atoms with E-state index in [1.807, 2.05) is 0 Å². The summed E-state index contributed by atoms with van der Waals surface area (Å²) in [4.78, 5) is 17.3. The van der Waals surface area contributed by atoms with Crippen LogP contribution in [0.4, 0.5) is 8.78 Å². The minimum Gasteiger partial charge on any atom is -0.474 e. The van der Waals surface area contributed by atoms with E-state index in [2.05, 4.69) is 15.2 Å². The van der Waals surface area contributed by atoms with Gasteiger partial charge in [0, 0.05) is 43.7 Å². The van der Waals surface area contributed by atoms with Crippen LogP contribution in [0.2, 0.25) is 0 Å². The van der Waals surface area contributed by atoms with E-state index in [0.29, 0.717) is 48.6 Å². The maximum absolute atomic E-state index is 13.7. The molecule has 3 aromatic heterocycles. The van der Waals surface area contributed by atoms with E-state index in [1.54, 1.807) is 33.6 Å². The zero-order valence-corrected chi connectivity index (χ0v) is 16.4. The van der Waals surface area contributed by atoms with E-state index in [4.69, 9.17) is 4.74 Å². The van der Waals surface area contributed by atoms with Crippen LogP contribution in [0.1, 0.15) is 42.7 Å². The molecule has 0 saturated heterocycles. The van der Waals surface area contributed by atoms with Gasteiger partial charge in [-0.1, -0.05) is 0 Å². The van der Waals surface area contributed by atoms with Gasteiger partial charge in [0.1, 0.15) is 23.6 Å². The molecule has 1 aliphatic heterocycles. The Morgan fingerprint density at radius 3 is 2.68 bits per heavy atom. The second kappa shape index (κ2) is 6.73. The van der Waals surface area contributed by atoms with Gasteiger partial charge in [-0.25, -0.2) is 23.2 Å². The molecule has 0 bridgehead atoms. The maximum atomic E-state index is 13.7. The smallest absolute Gasteiger partial charge is 0.346 e. The van der Waals surface area contributed by atoms with E-state index in [1.165, 1.54) is 16.8 Å². The summed E-state index contributed by atoms with van der Waals surface area (Å²) < 4.78 is 38.1. The lowest BCUT2D eigenvalue weighted by molar-refractivity contribution is 0.0564. The van der Waals surface area contributed by atoms with Crippen molar-refractivity contribution in [3.8, 4) is 5.88 Å². The summed E-state index contributed by atoms with van der Waals surface area (Å²) in [5, 5.41) is 8.72. The highest BCUT2D eigenvalue weighted by molar-refractivity contribution is 5.38. The Kier molecular flexibility index (Phi) is 3.95. The Balaban J connectivity index is 1.21. The molecule has 0 spiro atoms. The van der Waals surface area contributed by atoms with Gasteiger partial charge in [0.05, 0.1) is 18.3 Å². The number of rotatable bonds is 4. The van der Waals surface area contributed by atoms with Crippen molar-refractivity contribution in [3.05, 3.63) is 76.2 Å². The molecule has 2 aliphatic rings. The number of benzene rings is 1. The van der Waals surface area contributed by atoms with Gasteiger partial charge in [0.25, 0.3) is 0 Å². The Hall–Kier alpha value is -3.56. The topological polar surface area (TPSA) is 79.2 Å². The lowest BCUT2D eigenvalue weighted by atomic mass is 9.89. The van der Waals surface area contributed by atoms with Gasteiger partial charge < -0.3 is 4.74 Å². The largest absolute Gasteiger partial charge is 0.474 e. The molecule has 1 atom stereocenters. The second-order valence-electron chi connectivity index (χ2n) is 8.02. The summed E-state index contributed by atoms with van der Waals surface area (Å²) in [5.74, 6) is -0.0432. The van der Waals surface area contributed by atoms with E-state index in [-0.39, 0.29) is 17.8 Å². The van der Waals surface area contributed by atoms with Gasteiger partial charge in [-0.2, -0.15) is 14.7 Å². The van der Waals surface area contributed by atoms with Crippen molar-refractivity contribution in [2.75, 3.05) is 0 Å². The van der Waals surface area contributed by atoms with E-state index in [0.717, 1.165) is 6.07 Å². The quantitative estimate of drug-likeness (QED) is 0.503. The zero-order valence-electron chi connectivity index (χ0n) is 16.4. The minimum atomic E-state index is -0.648. The van der Waals surface area contributed by atoms with Crippen molar-refractivity contribution in [2.45, 2.75) is 43.9 Å². The molecule has 4 aromatic rings. The van der Waals surface area contributed by atoms with Crippen molar-refractivity contribution in [1.29, 1.82) is 0 Å². The summed E-state index contributed by atoms with van der Waals surface area (Å²) in [7, 11) is 0. The monoisotopic (exact) mass is 424 g/mol. The number of hydrogen-bond acceptors (Lipinski definition) is 5. The Bertz CT molecular complexity index is 1330. The third kappa shape index (κ3) is 2.93. The molecule has 1 aliphatic carbocycles. The Morgan fingerprint density at radius 2 is 1.87 bits per heavy atom. The van der Waals surface area contributed by atoms with Crippen molar-refractivity contribution in [2.24, 2.45) is 0 Å². The third-order valence-electron chi connectivity index (χ3n) is 6.08. The van der Waals surface area contributed by atoms with Crippen LogP contribution in [-0.2, 0) is 6.42 Å². The molecule has 6 rings (SSSR count). The van der Waals surface area contributed by atoms with E-state index >= 15 is 0 Å². The first-order valence-corrected chi connectivity index (χ1v) is 10.2. The van der Waals surface area contributed by atoms with Gasteiger partial charge in [-0.3, -0.25) is 4.57 Å². The maximum Gasteiger partial charge on any atom is 0.346 e. The molecule has 1 aromatic carbocycles. The van der Waals surface area contributed by atoms with Crippen LogP contribution in [0.5, 0.6) is 5.88 Å². The first kappa shape index (κ1) is 18.2. The molecule has 0 unspecified atom stereocenters. The molecular weight excluding hydrogens is 406 g/mol. The highest BCUT2D eigenvalue weighted by Crippen LogP contribution is 2.36. The normalized spacial score (nSPS) is 22.5. The lowest BCUT2D eigenvalue weighted by Crippen LogP contribution is -2.41. The first-order valence-electron chi connectivity index (χ1n) is 10.2. The predicted octanol–water partition coefficient (Wildman–Crippen LogP) is 2.68. The fraction of sp³-hybridized carbons (Fsp3) is 0.333. The van der Waals surface area contributed by atoms with E-state index in [9.17, 15) is 13.6 Å². The molecule has 31 heavy (non-hydrogen) atoms. The number of halogens is 2. The molecule has 0 N–H and O–H groups in total. The summed E-state index contributed by atoms with van der Waals surface area (Å²) in [6.07, 6.45) is 5.73. The van der Waals surface area contributed by atoms with Crippen LogP contribution >= 0.6 is 0 Å². The molecule has 158 valence electrons. The summed E-state index contributed by atoms with van der Waals surface area (Å²) in [5.41, 5.74) is 0.910. The molecule has 4 heterocycles. The summed E-state index contributed by atoms with van der Waals surface area (Å²) >= 11 is 0. The SMILES string of the molecule is O=c1n(C2CC(Oc3ccnc4ccnn34)C2)nc2n1[C@H](c1cc(F)cc(F)c1)CC2. The van der Waals surface area contributed by atoms with Crippen LogP contribution in [0, 0.1) is 11.6 Å². The first-order chi connectivity index (χ1) is 15.1. The van der Waals surface area contributed by atoms with Crippen molar-refractivity contribution < 1.29 is 13.5 Å². The molecule has 0 amide bonds. The number of aromatic nitrogens is 6. The predicted molar refractivity (Wildman–Crippen MR) is 105 cm³/mol. The number of nitrogens with zero attached hydrogens (tertiary/aromatic N) is 6. The van der Waals surface area contributed by atoms with Crippen LogP contribution in [0.25, 0.3) is 5.65 Å². The molecule has 1 fully saturated rings. The number of ether oxygens (including phenoxy) is 1. The Morgan fingerprint density at radius 1 is 1.06 bits per heavy atom. The molecule has 1 saturated carbocycles. The fourth-order valence-electron chi connectivity index (χ4n) is 4.54. The number of hydrogen-bond donors (Lipinski definition) is 0. The Labute approximate surface area is 174 Å². The zero-order chi connectivity index (χ0) is 21.1. The molecule has 10 heteroatoms. The highest BCUT2D eigenvalue weighted by Gasteiger charge is 2.38. The standard InChI is InChI=1S/C21H18F2N6O2/c22-13-7-12(8-14(23)9-13)17-1-2-19-26-28(21(30)27(17)19)15-10-16(11-15)31-20-4-5-24-18-3-6-25-29(18)20/h3-9,15-17H,1-2,10-11H2/t15?,16?,17-/m0/s1. The van der Waals surface area contributed by atoms with Crippen molar-refractivity contribution in [1.82, 2.24) is 28.9 Å². The molecule has 0 radical (unpaired) electrons. The van der Waals surface area contributed by atoms with Crippen LogP contribution in [-0.4, -0.2) is 35.0 Å². The third-order valence-corrected chi connectivity index (χ3v) is 6.08. The number of aryl methyl sites for hydroxylation is 1. The van der Waals surface area contributed by atoms with Gasteiger partial charge in [-0.05, 0) is 24.1 Å². The lowest BCUT2D eigenvalue weighted by Gasteiger charge is -2.34. The minimum absolute atomic E-state index is 0.0589. The summed E-state index contributed by atoms with van der Waals surface area (Å²) in [6, 6.07) is 6.47. The van der Waals surface area contributed by atoms with Crippen molar-refractivity contribution in [3.63, 3.8) is 0 Å². The molecule has 8 nitrogen and oxygen atoms in total. The highest BCUT2D eigenvalue weighted by atomic mass is 19.1.